The number of likely N-dealkylation sites (N-methyl/N-ethyl adjacent to an activating group) is 1. The van der Waals surface area contributed by atoms with Gasteiger partial charge >= 0.3 is 0 Å². The fraction of sp³-hybridized carbons (Fsp3) is 0.444. The van der Waals surface area contributed by atoms with Gasteiger partial charge in [-0.05, 0) is 56.3 Å². The average Bonchev–Trinajstić information content (AvgIpc) is 3.01. The molecular weight excluding hydrogens is 324 g/mol. The van der Waals surface area contributed by atoms with Gasteiger partial charge in [-0.2, -0.15) is 0 Å². The van der Waals surface area contributed by atoms with Crippen molar-refractivity contribution in [2.45, 2.75) is 31.2 Å². The maximum absolute atomic E-state index is 12.5. The minimum atomic E-state index is -3.54. The monoisotopic (exact) mass is 350 g/mol. The number of nitrogens with one attached hydrogen (secondary N) is 1. The molecule has 0 aliphatic heterocycles. The molecule has 1 aromatic heterocycles. The molecule has 1 atom stereocenters. The molecule has 0 aliphatic carbocycles. The van der Waals surface area contributed by atoms with Crippen molar-refractivity contribution in [3.63, 3.8) is 0 Å². The fourth-order valence-electron chi connectivity index (χ4n) is 2.57. The number of hydrogen-bond donors (Lipinski definition) is 1. The molecule has 0 radical (unpaired) electrons. The van der Waals surface area contributed by atoms with E-state index in [4.69, 9.17) is 4.42 Å². The van der Waals surface area contributed by atoms with Gasteiger partial charge in [0, 0.05) is 6.54 Å². The summed E-state index contributed by atoms with van der Waals surface area (Å²) < 4.78 is 33.1. The topological polar surface area (TPSA) is 62.6 Å². The highest BCUT2D eigenvalue weighted by atomic mass is 32.2. The molecule has 1 unspecified atom stereocenters. The molecule has 24 heavy (non-hydrogen) atoms. The summed E-state index contributed by atoms with van der Waals surface area (Å²) in [5, 5.41) is 0. The summed E-state index contributed by atoms with van der Waals surface area (Å²) >= 11 is 0. The molecule has 2 rings (SSSR count). The Morgan fingerprint density at radius 2 is 1.79 bits per heavy atom. The van der Waals surface area contributed by atoms with Gasteiger partial charge in [-0.25, -0.2) is 13.1 Å². The van der Waals surface area contributed by atoms with Crippen LogP contribution < -0.4 is 4.72 Å². The van der Waals surface area contributed by atoms with Crippen molar-refractivity contribution in [2.24, 2.45) is 5.92 Å². The molecule has 2 aromatic rings. The fourth-order valence-corrected chi connectivity index (χ4v) is 3.60. The van der Waals surface area contributed by atoms with Crippen molar-refractivity contribution in [3.05, 3.63) is 54.0 Å². The van der Waals surface area contributed by atoms with Gasteiger partial charge in [0.15, 0.2) is 0 Å². The van der Waals surface area contributed by atoms with Crippen LogP contribution in [0.15, 0.2) is 52.0 Å². The smallest absolute Gasteiger partial charge is 0.240 e. The Kier molecular flexibility index (Phi) is 6.21. The molecule has 1 heterocycles. The molecule has 0 saturated heterocycles. The van der Waals surface area contributed by atoms with Crippen molar-refractivity contribution >= 4 is 10.0 Å². The van der Waals surface area contributed by atoms with Crippen LogP contribution in [0.2, 0.25) is 0 Å². The third-order valence-corrected chi connectivity index (χ3v) is 5.28. The zero-order chi connectivity index (χ0) is 17.7. The molecule has 1 aromatic carbocycles. The van der Waals surface area contributed by atoms with Crippen LogP contribution >= 0.6 is 0 Å². The summed E-state index contributed by atoms with van der Waals surface area (Å²) in [7, 11) is 0.239. The van der Waals surface area contributed by atoms with E-state index in [-0.39, 0.29) is 17.5 Å². The SMILES string of the molecule is CC(C)Cc1ccc(S(=O)(=O)NCC(c2ccco2)N(C)C)cc1. The van der Waals surface area contributed by atoms with E-state index in [1.807, 2.05) is 37.2 Å². The van der Waals surface area contributed by atoms with Crippen molar-refractivity contribution < 1.29 is 12.8 Å². The molecule has 5 nitrogen and oxygen atoms in total. The summed E-state index contributed by atoms with van der Waals surface area (Å²) in [6.07, 6.45) is 2.53. The highest BCUT2D eigenvalue weighted by molar-refractivity contribution is 7.89. The maximum Gasteiger partial charge on any atom is 0.240 e. The van der Waals surface area contributed by atoms with E-state index in [1.165, 1.54) is 0 Å². The molecule has 0 amide bonds. The number of rotatable bonds is 8. The Labute approximate surface area is 144 Å². The molecule has 0 bridgehead atoms. The average molecular weight is 350 g/mol. The van der Waals surface area contributed by atoms with E-state index in [2.05, 4.69) is 18.6 Å². The number of sulfonamides is 1. The summed E-state index contributed by atoms with van der Waals surface area (Å²) in [6, 6.07) is 10.6. The Balaban J connectivity index is 2.07. The van der Waals surface area contributed by atoms with Crippen LogP contribution in [0.5, 0.6) is 0 Å². The van der Waals surface area contributed by atoms with Gasteiger partial charge in [0.05, 0.1) is 17.2 Å². The van der Waals surface area contributed by atoms with E-state index in [0.29, 0.717) is 5.92 Å². The minimum absolute atomic E-state index is 0.157. The molecule has 0 spiro atoms. The van der Waals surface area contributed by atoms with Crippen LogP contribution in [0, 0.1) is 5.92 Å². The second-order valence-electron chi connectivity index (χ2n) is 6.59. The van der Waals surface area contributed by atoms with Gasteiger partial charge in [-0.15, -0.1) is 0 Å². The lowest BCUT2D eigenvalue weighted by atomic mass is 10.0. The Morgan fingerprint density at radius 1 is 1.12 bits per heavy atom. The van der Waals surface area contributed by atoms with E-state index in [0.717, 1.165) is 17.7 Å². The van der Waals surface area contributed by atoms with Gasteiger partial charge in [-0.3, -0.25) is 4.90 Å². The van der Waals surface area contributed by atoms with Crippen LogP contribution in [0.1, 0.15) is 31.2 Å². The van der Waals surface area contributed by atoms with Crippen molar-refractivity contribution in [2.75, 3.05) is 20.6 Å². The lowest BCUT2D eigenvalue weighted by molar-refractivity contribution is 0.259. The predicted octanol–water partition coefficient (Wildman–Crippen LogP) is 3.06. The summed E-state index contributed by atoms with van der Waals surface area (Å²) in [5.41, 5.74) is 1.14. The molecule has 6 heteroatoms. The van der Waals surface area contributed by atoms with Gasteiger partial charge in [0.1, 0.15) is 5.76 Å². The standard InChI is InChI=1S/C18H26N2O3S/c1-14(2)12-15-7-9-16(10-8-15)24(21,22)19-13-17(20(3)4)18-6-5-11-23-18/h5-11,14,17,19H,12-13H2,1-4H3. The van der Waals surface area contributed by atoms with E-state index in [1.54, 1.807) is 24.5 Å². The molecule has 0 fully saturated rings. The largest absolute Gasteiger partial charge is 0.468 e. The summed E-state index contributed by atoms with van der Waals surface area (Å²) in [6.45, 7) is 4.53. The van der Waals surface area contributed by atoms with Crippen LogP contribution in [-0.2, 0) is 16.4 Å². The molecular formula is C18H26N2O3S. The quantitative estimate of drug-likeness (QED) is 0.795. The normalized spacial score (nSPS) is 13.6. The number of nitrogens with zero attached hydrogens (tertiary/aromatic N) is 1. The summed E-state index contributed by atoms with van der Waals surface area (Å²) in [4.78, 5) is 2.21. The minimum Gasteiger partial charge on any atom is -0.468 e. The first-order valence-electron chi connectivity index (χ1n) is 8.08. The zero-order valence-electron chi connectivity index (χ0n) is 14.7. The second-order valence-corrected chi connectivity index (χ2v) is 8.36. The van der Waals surface area contributed by atoms with Gasteiger partial charge in [-0.1, -0.05) is 26.0 Å². The lowest BCUT2D eigenvalue weighted by Crippen LogP contribution is -2.34. The zero-order valence-corrected chi connectivity index (χ0v) is 15.5. The first-order valence-corrected chi connectivity index (χ1v) is 9.56. The highest BCUT2D eigenvalue weighted by Gasteiger charge is 2.21. The number of furan rings is 1. The van der Waals surface area contributed by atoms with Crippen LogP contribution in [-0.4, -0.2) is 34.0 Å². The predicted molar refractivity (Wildman–Crippen MR) is 95.3 cm³/mol. The van der Waals surface area contributed by atoms with Crippen molar-refractivity contribution in [1.29, 1.82) is 0 Å². The van der Waals surface area contributed by atoms with Gasteiger partial charge < -0.3 is 4.42 Å². The highest BCUT2D eigenvalue weighted by Crippen LogP contribution is 2.19. The first-order chi connectivity index (χ1) is 11.3. The molecule has 0 aliphatic rings. The maximum atomic E-state index is 12.5. The molecule has 0 saturated carbocycles. The second kappa shape index (κ2) is 7.96. The Hall–Kier alpha value is -1.63. The molecule has 132 valence electrons. The van der Waals surface area contributed by atoms with Crippen LogP contribution in [0.4, 0.5) is 0 Å². The van der Waals surface area contributed by atoms with E-state index in [9.17, 15) is 8.42 Å². The number of hydrogen-bond acceptors (Lipinski definition) is 4. The molecule has 1 N–H and O–H groups in total. The van der Waals surface area contributed by atoms with E-state index >= 15 is 0 Å². The third-order valence-electron chi connectivity index (χ3n) is 3.84. The number of benzene rings is 1. The Bertz CT molecular complexity index is 720. The summed E-state index contributed by atoms with van der Waals surface area (Å²) in [5.74, 6) is 1.27. The van der Waals surface area contributed by atoms with Gasteiger partial charge in [0.25, 0.3) is 0 Å². The van der Waals surface area contributed by atoms with Crippen molar-refractivity contribution in [1.82, 2.24) is 9.62 Å². The first kappa shape index (κ1) is 18.7. The Morgan fingerprint density at radius 3 is 2.29 bits per heavy atom. The van der Waals surface area contributed by atoms with Crippen LogP contribution in [0.25, 0.3) is 0 Å². The van der Waals surface area contributed by atoms with Crippen LogP contribution in [0.3, 0.4) is 0 Å². The lowest BCUT2D eigenvalue weighted by Gasteiger charge is -2.22. The van der Waals surface area contributed by atoms with Gasteiger partial charge in [0.2, 0.25) is 10.0 Å². The van der Waals surface area contributed by atoms with Crippen molar-refractivity contribution in [3.8, 4) is 0 Å². The van der Waals surface area contributed by atoms with E-state index < -0.39 is 10.0 Å². The third kappa shape index (κ3) is 4.93.